The van der Waals surface area contributed by atoms with Gasteiger partial charge in [0, 0.05) is 44.6 Å². The third-order valence-electron chi connectivity index (χ3n) is 4.48. The Kier molecular flexibility index (Phi) is 6.06. The van der Waals surface area contributed by atoms with Gasteiger partial charge in [0.15, 0.2) is 0 Å². The van der Waals surface area contributed by atoms with Crippen molar-refractivity contribution < 1.29 is 9.18 Å². The molecule has 1 saturated heterocycles. The van der Waals surface area contributed by atoms with Crippen LogP contribution in [0, 0.1) is 17.1 Å². The molecule has 0 atom stereocenters. The van der Waals surface area contributed by atoms with Gasteiger partial charge in [0.2, 0.25) is 0 Å². The number of halogens is 1. The molecule has 6 heteroatoms. The number of amides is 1. The monoisotopic (exact) mass is 364 g/mol. The molecule has 0 aliphatic carbocycles. The number of nitrogens with zero attached hydrogens (tertiary/aromatic N) is 3. The number of nitrogens with one attached hydrogen (secondary N) is 1. The average molecular weight is 364 g/mol. The van der Waals surface area contributed by atoms with Gasteiger partial charge in [-0.25, -0.2) is 4.39 Å². The molecule has 0 radical (unpaired) electrons. The molecule has 1 aliphatic rings. The highest BCUT2D eigenvalue weighted by Crippen LogP contribution is 2.17. The summed E-state index contributed by atoms with van der Waals surface area (Å²) in [6.45, 7) is 3.25. The lowest BCUT2D eigenvalue weighted by Gasteiger charge is -2.35. The minimum Gasteiger partial charge on any atom is -0.373 e. The van der Waals surface area contributed by atoms with E-state index in [1.165, 1.54) is 12.1 Å². The number of hydrogen-bond acceptors (Lipinski definition) is 4. The van der Waals surface area contributed by atoms with Crippen LogP contribution in [-0.2, 0) is 11.3 Å². The molecule has 138 valence electrons. The Bertz CT molecular complexity index is 835. The SMILES string of the molecule is N#C/C(=C/N1CCN(c2ccc(F)cc2)CC1)C(=O)NCc1ccccc1. The molecule has 0 spiro atoms. The molecule has 2 aromatic carbocycles. The molecule has 0 bridgehead atoms. The van der Waals surface area contributed by atoms with Crippen LogP contribution in [0.4, 0.5) is 10.1 Å². The molecule has 1 heterocycles. The van der Waals surface area contributed by atoms with Gasteiger partial charge in [-0.1, -0.05) is 30.3 Å². The topological polar surface area (TPSA) is 59.4 Å². The summed E-state index contributed by atoms with van der Waals surface area (Å²) in [6, 6.07) is 18.0. The van der Waals surface area contributed by atoms with Gasteiger partial charge in [-0.2, -0.15) is 5.26 Å². The minimum absolute atomic E-state index is 0.0983. The molecule has 1 aliphatic heterocycles. The van der Waals surface area contributed by atoms with Crippen molar-refractivity contribution in [1.29, 1.82) is 5.26 Å². The van der Waals surface area contributed by atoms with Gasteiger partial charge in [-0.3, -0.25) is 4.79 Å². The van der Waals surface area contributed by atoms with Crippen LogP contribution in [-0.4, -0.2) is 37.0 Å². The number of anilines is 1. The standard InChI is InChI=1S/C21H21FN4O/c22-19-6-8-20(9-7-19)26-12-10-25(11-13-26)16-18(14-23)21(27)24-15-17-4-2-1-3-5-17/h1-9,16H,10-13,15H2,(H,24,27)/b18-16-. The Labute approximate surface area is 158 Å². The highest BCUT2D eigenvalue weighted by atomic mass is 19.1. The third kappa shape index (κ3) is 5.08. The minimum atomic E-state index is -0.373. The van der Waals surface area contributed by atoms with Crippen molar-refractivity contribution in [3.63, 3.8) is 0 Å². The first-order chi connectivity index (χ1) is 13.2. The molecule has 0 unspecified atom stereocenters. The van der Waals surface area contributed by atoms with Crippen molar-refractivity contribution in [3.8, 4) is 6.07 Å². The maximum Gasteiger partial charge on any atom is 0.263 e. The van der Waals surface area contributed by atoms with Crippen LogP contribution >= 0.6 is 0 Å². The number of carbonyl (C=O) groups is 1. The van der Waals surface area contributed by atoms with Crippen LogP contribution in [0.1, 0.15) is 5.56 Å². The largest absolute Gasteiger partial charge is 0.373 e. The quantitative estimate of drug-likeness (QED) is 0.655. The summed E-state index contributed by atoms with van der Waals surface area (Å²) < 4.78 is 13.0. The third-order valence-corrected chi connectivity index (χ3v) is 4.48. The highest BCUT2D eigenvalue weighted by Gasteiger charge is 2.17. The van der Waals surface area contributed by atoms with Gasteiger partial charge in [-0.15, -0.1) is 0 Å². The molecule has 2 aromatic rings. The Morgan fingerprint density at radius 1 is 1.07 bits per heavy atom. The molecule has 0 saturated carbocycles. The number of hydrogen-bond donors (Lipinski definition) is 1. The van der Waals surface area contributed by atoms with E-state index in [4.69, 9.17) is 0 Å². The smallest absolute Gasteiger partial charge is 0.263 e. The zero-order chi connectivity index (χ0) is 19.1. The van der Waals surface area contributed by atoms with Gasteiger partial charge in [0.05, 0.1) is 0 Å². The van der Waals surface area contributed by atoms with Gasteiger partial charge in [-0.05, 0) is 29.8 Å². The van der Waals surface area contributed by atoms with Crippen LogP contribution in [0.2, 0.25) is 0 Å². The van der Waals surface area contributed by atoms with Crippen LogP contribution in [0.3, 0.4) is 0 Å². The van der Waals surface area contributed by atoms with Gasteiger partial charge in [0.25, 0.3) is 5.91 Å². The maximum atomic E-state index is 13.0. The van der Waals surface area contributed by atoms with Gasteiger partial charge >= 0.3 is 0 Å². The summed E-state index contributed by atoms with van der Waals surface area (Å²) in [7, 11) is 0. The average Bonchev–Trinajstić information content (AvgIpc) is 2.72. The van der Waals surface area contributed by atoms with Crippen LogP contribution in [0.25, 0.3) is 0 Å². The van der Waals surface area contributed by atoms with E-state index in [0.29, 0.717) is 19.6 Å². The lowest BCUT2D eigenvalue weighted by atomic mass is 10.2. The summed E-state index contributed by atoms with van der Waals surface area (Å²) in [5, 5.41) is 12.1. The Morgan fingerprint density at radius 2 is 1.74 bits per heavy atom. The number of rotatable bonds is 5. The lowest BCUT2D eigenvalue weighted by molar-refractivity contribution is -0.117. The molecule has 3 rings (SSSR count). The van der Waals surface area contributed by atoms with Crippen molar-refractivity contribution in [1.82, 2.24) is 10.2 Å². The molecule has 0 aromatic heterocycles. The number of carbonyl (C=O) groups excluding carboxylic acids is 1. The van der Waals surface area contributed by atoms with E-state index in [0.717, 1.165) is 24.3 Å². The summed E-state index contributed by atoms with van der Waals surface area (Å²) in [6.07, 6.45) is 1.63. The van der Waals surface area contributed by atoms with Crippen molar-refractivity contribution in [2.75, 3.05) is 31.1 Å². The summed E-state index contributed by atoms with van der Waals surface area (Å²) in [5.41, 5.74) is 2.05. The number of nitriles is 1. The lowest BCUT2D eigenvalue weighted by Crippen LogP contribution is -2.44. The molecule has 1 N–H and O–H groups in total. The van der Waals surface area contributed by atoms with E-state index in [9.17, 15) is 14.4 Å². The molecule has 27 heavy (non-hydrogen) atoms. The first-order valence-electron chi connectivity index (χ1n) is 8.84. The maximum absolute atomic E-state index is 13.0. The van der Waals surface area contributed by atoms with E-state index in [1.807, 2.05) is 41.3 Å². The fourth-order valence-electron chi connectivity index (χ4n) is 2.96. The van der Waals surface area contributed by atoms with Gasteiger partial charge < -0.3 is 15.1 Å². The molecular weight excluding hydrogens is 343 g/mol. The van der Waals surface area contributed by atoms with Crippen LogP contribution in [0.5, 0.6) is 0 Å². The first kappa shape index (κ1) is 18.5. The molecule has 1 fully saturated rings. The zero-order valence-corrected chi connectivity index (χ0v) is 14.9. The Hall–Kier alpha value is -3.33. The molecule has 1 amide bonds. The second-order valence-electron chi connectivity index (χ2n) is 6.32. The second kappa shape index (κ2) is 8.86. The number of piperazine rings is 1. The second-order valence-corrected chi connectivity index (χ2v) is 6.32. The van der Waals surface area contributed by atoms with Gasteiger partial charge in [0.1, 0.15) is 17.5 Å². The summed E-state index contributed by atoms with van der Waals surface area (Å²) in [5.74, 6) is -0.622. The van der Waals surface area contributed by atoms with Crippen LogP contribution < -0.4 is 10.2 Å². The first-order valence-corrected chi connectivity index (χ1v) is 8.84. The fourth-order valence-corrected chi connectivity index (χ4v) is 2.96. The highest BCUT2D eigenvalue weighted by molar-refractivity contribution is 5.97. The van der Waals surface area contributed by atoms with Crippen LogP contribution in [0.15, 0.2) is 66.4 Å². The molecular formula is C21H21FN4O. The zero-order valence-electron chi connectivity index (χ0n) is 14.9. The van der Waals surface area contributed by atoms with E-state index in [1.54, 1.807) is 18.3 Å². The van der Waals surface area contributed by atoms with Crippen molar-refractivity contribution in [2.45, 2.75) is 6.54 Å². The summed E-state index contributed by atoms with van der Waals surface area (Å²) >= 11 is 0. The van der Waals surface area contributed by atoms with Crippen molar-refractivity contribution >= 4 is 11.6 Å². The van der Waals surface area contributed by atoms with E-state index in [-0.39, 0.29) is 17.3 Å². The van der Waals surface area contributed by atoms with Crippen molar-refractivity contribution in [2.24, 2.45) is 0 Å². The predicted molar refractivity (Wildman–Crippen MR) is 102 cm³/mol. The van der Waals surface area contributed by atoms with E-state index >= 15 is 0 Å². The molecule has 5 nitrogen and oxygen atoms in total. The Morgan fingerprint density at radius 3 is 2.37 bits per heavy atom. The number of benzene rings is 2. The van der Waals surface area contributed by atoms with E-state index < -0.39 is 0 Å². The summed E-state index contributed by atoms with van der Waals surface area (Å²) in [4.78, 5) is 16.4. The normalized spacial score (nSPS) is 14.6. The van der Waals surface area contributed by atoms with Crippen molar-refractivity contribution in [3.05, 3.63) is 77.8 Å². The fraction of sp³-hybridized carbons (Fsp3) is 0.238. The predicted octanol–water partition coefficient (Wildman–Crippen LogP) is 2.67. The van der Waals surface area contributed by atoms with E-state index in [2.05, 4.69) is 10.2 Å². The Balaban J connectivity index is 1.54.